The lowest BCUT2D eigenvalue weighted by Gasteiger charge is -2.36. The lowest BCUT2D eigenvalue weighted by molar-refractivity contribution is -0.0637. The maximum Gasteiger partial charge on any atom is 0.283 e. The molecule has 1 aromatic heterocycles. The first-order valence-corrected chi connectivity index (χ1v) is 9.57. The standard InChI is InChI=1S/C21H35NO2/c1-7-20(3,4)15-21(5,6)24-22-18(13-16(2)14-19(22)23)17-11-9-8-10-12-17/h13-14,17H,7-12,15H2,1-6H3. The first-order valence-electron chi connectivity index (χ1n) is 9.57. The van der Waals surface area contributed by atoms with Crippen molar-refractivity contribution in [2.24, 2.45) is 5.41 Å². The van der Waals surface area contributed by atoms with E-state index in [0.29, 0.717) is 5.92 Å². The Bertz CT molecular complexity index is 607. The molecular formula is C21H35NO2. The molecular weight excluding hydrogens is 298 g/mol. The number of hydrogen-bond acceptors (Lipinski definition) is 2. The van der Waals surface area contributed by atoms with Gasteiger partial charge in [-0.1, -0.05) is 46.5 Å². The van der Waals surface area contributed by atoms with Gasteiger partial charge in [-0.3, -0.25) is 4.79 Å². The molecule has 0 bridgehead atoms. The van der Waals surface area contributed by atoms with Crippen molar-refractivity contribution in [2.75, 3.05) is 0 Å². The average Bonchev–Trinajstić information content (AvgIpc) is 2.49. The summed E-state index contributed by atoms with van der Waals surface area (Å²) in [5, 5.41) is 0. The highest BCUT2D eigenvalue weighted by Gasteiger charge is 2.31. The SMILES string of the molecule is CCC(C)(C)CC(C)(C)On1c(C2CCCCC2)cc(C)cc1=O. The van der Waals surface area contributed by atoms with Gasteiger partial charge in [-0.25, -0.2) is 0 Å². The van der Waals surface area contributed by atoms with Crippen LogP contribution in [-0.4, -0.2) is 10.3 Å². The maximum absolute atomic E-state index is 12.7. The van der Waals surface area contributed by atoms with Crippen molar-refractivity contribution in [3.05, 3.63) is 33.7 Å². The van der Waals surface area contributed by atoms with Crippen LogP contribution in [-0.2, 0) is 0 Å². The van der Waals surface area contributed by atoms with Gasteiger partial charge in [0, 0.05) is 12.0 Å². The Hall–Kier alpha value is -1.25. The van der Waals surface area contributed by atoms with Gasteiger partial charge in [-0.05, 0) is 57.1 Å². The van der Waals surface area contributed by atoms with E-state index in [4.69, 9.17) is 4.84 Å². The predicted octanol–water partition coefficient (Wildman–Crippen LogP) is 5.24. The monoisotopic (exact) mass is 333 g/mol. The van der Waals surface area contributed by atoms with E-state index in [2.05, 4.69) is 40.7 Å². The summed E-state index contributed by atoms with van der Waals surface area (Å²) in [7, 11) is 0. The second-order valence-electron chi connectivity index (χ2n) is 8.97. The van der Waals surface area contributed by atoms with E-state index in [1.165, 1.54) is 19.3 Å². The topological polar surface area (TPSA) is 31.2 Å². The summed E-state index contributed by atoms with van der Waals surface area (Å²) in [5.41, 5.74) is 1.90. The van der Waals surface area contributed by atoms with E-state index in [1.54, 1.807) is 10.8 Å². The predicted molar refractivity (Wildman–Crippen MR) is 101 cm³/mol. The van der Waals surface area contributed by atoms with Crippen LogP contribution in [0.3, 0.4) is 0 Å². The second kappa shape index (κ2) is 7.33. The Morgan fingerprint density at radius 1 is 1.12 bits per heavy atom. The van der Waals surface area contributed by atoms with Crippen LogP contribution >= 0.6 is 0 Å². The summed E-state index contributed by atoms with van der Waals surface area (Å²) < 4.78 is 1.61. The molecule has 1 aromatic rings. The third-order valence-electron chi connectivity index (χ3n) is 5.38. The first kappa shape index (κ1) is 19.1. The van der Waals surface area contributed by atoms with E-state index < -0.39 is 0 Å². The van der Waals surface area contributed by atoms with Crippen molar-refractivity contribution in [3.8, 4) is 0 Å². The molecule has 1 aliphatic carbocycles. The number of hydrogen-bond donors (Lipinski definition) is 0. The van der Waals surface area contributed by atoms with E-state index >= 15 is 0 Å². The maximum atomic E-state index is 12.7. The fraction of sp³-hybridized carbons (Fsp3) is 0.762. The minimum absolute atomic E-state index is 0.0297. The van der Waals surface area contributed by atoms with Crippen LogP contribution in [0.15, 0.2) is 16.9 Å². The molecule has 1 heterocycles. The molecule has 1 fully saturated rings. The largest absolute Gasteiger partial charge is 0.405 e. The summed E-state index contributed by atoms with van der Waals surface area (Å²) >= 11 is 0. The van der Waals surface area contributed by atoms with E-state index in [-0.39, 0.29) is 16.6 Å². The van der Waals surface area contributed by atoms with Gasteiger partial charge in [0.25, 0.3) is 5.56 Å². The van der Waals surface area contributed by atoms with Crippen LogP contribution in [0.4, 0.5) is 0 Å². The van der Waals surface area contributed by atoms with E-state index in [9.17, 15) is 4.79 Å². The first-order chi connectivity index (χ1) is 11.1. The summed E-state index contributed by atoms with van der Waals surface area (Å²) in [6.45, 7) is 12.9. The highest BCUT2D eigenvalue weighted by atomic mass is 16.7. The minimum atomic E-state index is -0.373. The summed E-state index contributed by atoms with van der Waals surface area (Å²) in [5.74, 6) is 0.446. The number of rotatable bonds is 6. The van der Waals surface area contributed by atoms with Gasteiger partial charge in [0.2, 0.25) is 0 Å². The summed E-state index contributed by atoms with van der Waals surface area (Å²) in [4.78, 5) is 19.0. The highest BCUT2D eigenvalue weighted by molar-refractivity contribution is 5.19. The number of nitrogens with zero attached hydrogens (tertiary/aromatic N) is 1. The molecule has 2 rings (SSSR count). The summed E-state index contributed by atoms with van der Waals surface area (Å²) in [6, 6.07) is 3.84. The number of aryl methyl sites for hydroxylation is 1. The van der Waals surface area contributed by atoms with Gasteiger partial charge in [-0.15, -0.1) is 4.73 Å². The Labute approximate surface area is 147 Å². The Morgan fingerprint density at radius 2 is 1.75 bits per heavy atom. The van der Waals surface area contributed by atoms with Crippen LogP contribution in [0.1, 0.15) is 96.7 Å². The summed E-state index contributed by atoms with van der Waals surface area (Å²) in [6.07, 6.45) is 8.14. The lowest BCUT2D eigenvalue weighted by Crippen LogP contribution is -2.44. The Morgan fingerprint density at radius 3 is 2.33 bits per heavy atom. The molecule has 1 aliphatic rings. The molecule has 0 saturated heterocycles. The quantitative estimate of drug-likeness (QED) is 0.713. The van der Waals surface area contributed by atoms with Crippen molar-refractivity contribution in [1.29, 1.82) is 0 Å². The lowest BCUT2D eigenvalue weighted by atomic mass is 9.80. The average molecular weight is 334 g/mol. The zero-order chi connectivity index (χ0) is 18.0. The molecule has 0 aromatic carbocycles. The van der Waals surface area contributed by atoms with Crippen LogP contribution < -0.4 is 10.4 Å². The molecule has 136 valence electrons. The third-order valence-corrected chi connectivity index (χ3v) is 5.38. The van der Waals surface area contributed by atoms with Crippen molar-refractivity contribution < 1.29 is 4.84 Å². The molecule has 0 amide bonds. The third kappa shape index (κ3) is 4.87. The minimum Gasteiger partial charge on any atom is -0.405 e. The van der Waals surface area contributed by atoms with Gasteiger partial charge in [-0.2, -0.15) is 0 Å². The van der Waals surface area contributed by atoms with Crippen LogP contribution in [0.2, 0.25) is 0 Å². The van der Waals surface area contributed by atoms with Crippen molar-refractivity contribution in [2.45, 2.75) is 98.0 Å². The molecule has 0 unspecified atom stereocenters. The molecule has 3 nitrogen and oxygen atoms in total. The van der Waals surface area contributed by atoms with Gasteiger partial charge < -0.3 is 4.84 Å². The Kier molecular flexibility index (Phi) is 5.83. The number of pyridine rings is 1. The van der Waals surface area contributed by atoms with Crippen molar-refractivity contribution >= 4 is 0 Å². The molecule has 0 aliphatic heterocycles. The fourth-order valence-electron chi connectivity index (χ4n) is 4.05. The molecule has 0 radical (unpaired) electrons. The van der Waals surface area contributed by atoms with Crippen LogP contribution in [0, 0.1) is 12.3 Å². The smallest absolute Gasteiger partial charge is 0.283 e. The van der Waals surface area contributed by atoms with Crippen molar-refractivity contribution in [3.63, 3.8) is 0 Å². The van der Waals surface area contributed by atoms with E-state index in [0.717, 1.165) is 36.9 Å². The zero-order valence-corrected chi connectivity index (χ0v) is 16.4. The molecule has 3 heteroatoms. The fourth-order valence-corrected chi connectivity index (χ4v) is 4.05. The zero-order valence-electron chi connectivity index (χ0n) is 16.4. The highest BCUT2D eigenvalue weighted by Crippen LogP contribution is 2.34. The molecule has 0 atom stereocenters. The normalized spacial score (nSPS) is 17.1. The number of aromatic nitrogens is 1. The molecule has 0 N–H and O–H groups in total. The van der Waals surface area contributed by atoms with Gasteiger partial charge >= 0.3 is 0 Å². The Balaban J connectivity index is 2.33. The molecule has 0 spiro atoms. The molecule has 1 saturated carbocycles. The van der Waals surface area contributed by atoms with Crippen LogP contribution in [0.25, 0.3) is 0 Å². The van der Waals surface area contributed by atoms with E-state index in [1.807, 2.05) is 6.92 Å². The van der Waals surface area contributed by atoms with Crippen LogP contribution in [0.5, 0.6) is 0 Å². The van der Waals surface area contributed by atoms with Gasteiger partial charge in [0.15, 0.2) is 0 Å². The molecule has 24 heavy (non-hydrogen) atoms. The second-order valence-corrected chi connectivity index (χ2v) is 8.97. The van der Waals surface area contributed by atoms with Gasteiger partial charge in [0.05, 0.1) is 5.69 Å². The van der Waals surface area contributed by atoms with Crippen molar-refractivity contribution in [1.82, 2.24) is 4.73 Å². The van der Waals surface area contributed by atoms with Gasteiger partial charge in [0.1, 0.15) is 5.60 Å².